The lowest BCUT2D eigenvalue weighted by Crippen LogP contribution is -2.42. The summed E-state index contributed by atoms with van der Waals surface area (Å²) >= 11 is 0. The van der Waals surface area contributed by atoms with E-state index >= 15 is 0 Å². The second-order valence-corrected chi connectivity index (χ2v) is 5.38. The molecule has 1 aromatic rings. The summed E-state index contributed by atoms with van der Waals surface area (Å²) in [5.74, 6) is 0. The Morgan fingerprint density at radius 2 is 1.65 bits per heavy atom. The van der Waals surface area contributed by atoms with Gasteiger partial charge in [-0.25, -0.2) is 0 Å². The van der Waals surface area contributed by atoms with E-state index in [9.17, 15) is 0 Å². The molecule has 96 valence electrons. The number of nitrogens with two attached hydrogens (primary N) is 1. The van der Waals surface area contributed by atoms with Crippen LogP contribution in [-0.4, -0.2) is 24.0 Å². The zero-order valence-electron chi connectivity index (χ0n) is 11.7. The van der Waals surface area contributed by atoms with Gasteiger partial charge in [0.05, 0.1) is 0 Å². The minimum atomic E-state index is 0.165. The Hall–Kier alpha value is -0.860. The first-order valence-corrected chi connectivity index (χ1v) is 6.48. The molecule has 0 aliphatic rings. The largest absolute Gasteiger partial charge is 0.330 e. The van der Waals surface area contributed by atoms with Crippen LogP contribution in [0.25, 0.3) is 0 Å². The Morgan fingerprint density at radius 1 is 1.12 bits per heavy atom. The van der Waals surface area contributed by atoms with Crippen molar-refractivity contribution in [1.82, 2.24) is 4.90 Å². The van der Waals surface area contributed by atoms with Crippen LogP contribution in [0, 0.1) is 0 Å². The molecule has 0 heterocycles. The summed E-state index contributed by atoms with van der Waals surface area (Å²) in [6.07, 6.45) is 2.13. The molecular weight excluding hydrogens is 208 g/mol. The Morgan fingerprint density at radius 3 is 2.12 bits per heavy atom. The molecule has 0 aromatic heterocycles. The molecule has 0 spiro atoms. The molecule has 0 radical (unpaired) electrons. The van der Waals surface area contributed by atoms with Crippen molar-refractivity contribution in [3.8, 4) is 0 Å². The van der Waals surface area contributed by atoms with E-state index in [0.29, 0.717) is 0 Å². The van der Waals surface area contributed by atoms with E-state index in [1.54, 1.807) is 0 Å². The van der Waals surface area contributed by atoms with Crippen LogP contribution in [-0.2, 0) is 13.0 Å². The van der Waals surface area contributed by atoms with Crippen LogP contribution in [0.5, 0.6) is 0 Å². The van der Waals surface area contributed by atoms with Gasteiger partial charge in [-0.2, -0.15) is 0 Å². The molecule has 0 atom stereocenters. The van der Waals surface area contributed by atoms with Gasteiger partial charge in [-0.05, 0) is 51.4 Å². The van der Waals surface area contributed by atoms with Crippen LogP contribution in [0.2, 0.25) is 0 Å². The quantitative estimate of drug-likeness (QED) is 0.820. The normalized spacial score (nSPS) is 12.1. The summed E-state index contributed by atoms with van der Waals surface area (Å²) < 4.78 is 0. The second-order valence-electron chi connectivity index (χ2n) is 5.38. The van der Waals surface area contributed by atoms with Crippen molar-refractivity contribution < 1.29 is 0 Å². The summed E-state index contributed by atoms with van der Waals surface area (Å²) in [5, 5.41) is 0. The average Bonchev–Trinajstić information content (AvgIpc) is 2.30. The zero-order valence-corrected chi connectivity index (χ0v) is 11.7. The molecular formula is C15H26N2. The zero-order chi connectivity index (χ0) is 12.9. The van der Waals surface area contributed by atoms with Gasteiger partial charge in [-0.3, -0.25) is 4.90 Å². The molecule has 2 nitrogen and oxygen atoms in total. The predicted octanol–water partition coefficient (Wildman–Crippen LogP) is 2.81. The third kappa shape index (κ3) is 4.14. The number of hydrogen-bond acceptors (Lipinski definition) is 2. The van der Waals surface area contributed by atoms with Gasteiger partial charge in [0.25, 0.3) is 0 Å². The van der Waals surface area contributed by atoms with E-state index in [4.69, 9.17) is 5.73 Å². The highest BCUT2D eigenvalue weighted by Crippen LogP contribution is 2.19. The van der Waals surface area contributed by atoms with Crippen molar-refractivity contribution in [3.05, 3.63) is 35.4 Å². The summed E-state index contributed by atoms with van der Waals surface area (Å²) in [5.41, 5.74) is 8.59. The Balaban J connectivity index is 2.63. The first-order chi connectivity index (χ1) is 7.99. The number of aryl methyl sites for hydroxylation is 1. The van der Waals surface area contributed by atoms with Crippen LogP contribution in [0.15, 0.2) is 24.3 Å². The Kier molecular flexibility index (Phi) is 5.16. The fourth-order valence-electron chi connectivity index (χ4n) is 1.91. The highest BCUT2D eigenvalue weighted by Gasteiger charge is 2.22. The lowest BCUT2D eigenvalue weighted by Gasteiger charge is -2.35. The second kappa shape index (κ2) is 6.18. The van der Waals surface area contributed by atoms with Gasteiger partial charge in [0.2, 0.25) is 0 Å². The lowest BCUT2D eigenvalue weighted by atomic mass is 9.98. The van der Waals surface area contributed by atoms with Crippen LogP contribution < -0.4 is 5.73 Å². The van der Waals surface area contributed by atoms with E-state index in [-0.39, 0.29) is 5.54 Å². The molecule has 0 unspecified atom stereocenters. The maximum atomic E-state index is 5.66. The number of benzene rings is 1. The first kappa shape index (κ1) is 14.2. The Labute approximate surface area is 106 Å². The summed E-state index contributed by atoms with van der Waals surface area (Å²) in [4.78, 5) is 2.38. The third-order valence-electron chi connectivity index (χ3n) is 3.64. The molecule has 0 aliphatic carbocycles. The van der Waals surface area contributed by atoms with Gasteiger partial charge in [-0.15, -0.1) is 0 Å². The van der Waals surface area contributed by atoms with Crippen molar-refractivity contribution >= 4 is 0 Å². The number of nitrogens with zero attached hydrogens (tertiary/aromatic N) is 1. The fourth-order valence-corrected chi connectivity index (χ4v) is 1.91. The van der Waals surface area contributed by atoms with Crippen LogP contribution in [0.4, 0.5) is 0 Å². The molecule has 0 saturated carbocycles. The van der Waals surface area contributed by atoms with E-state index in [1.807, 2.05) is 0 Å². The monoisotopic (exact) mass is 234 g/mol. The molecule has 2 heteroatoms. The van der Waals surface area contributed by atoms with E-state index < -0.39 is 0 Å². The maximum Gasteiger partial charge on any atom is 0.0236 e. The van der Waals surface area contributed by atoms with Gasteiger partial charge in [0, 0.05) is 12.1 Å². The average molecular weight is 234 g/mol. The van der Waals surface area contributed by atoms with Gasteiger partial charge < -0.3 is 5.73 Å². The van der Waals surface area contributed by atoms with Crippen molar-refractivity contribution in [2.24, 2.45) is 5.73 Å². The van der Waals surface area contributed by atoms with Gasteiger partial charge in [-0.1, -0.05) is 31.2 Å². The van der Waals surface area contributed by atoms with Crippen LogP contribution in [0.3, 0.4) is 0 Å². The van der Waals surface area contributed by atoms with Gasteiger partial charge in [0.15, 0.2) is 0 Å². The molecule has 0 aliphatic heterocycles. The van der Waals surface area contributed by atoms with Crippen molar-refractivity contribution in [1.29, 1.82) is 0 Å². The molecule has 0 amide bonds. The van der Waals surface area contributed by atoms with Gasteiger partial charge in [0.1, 0.15) is 0 Å². The van der Waals surface area contributed by atoms with Crippen molar-refractivity contribution in [3.63, 3.8) is 0 Å². The summed E-state index contributed by atoms with van der Waals surface area (Å²) in [6.45, 7) is 8.41. The van der Waals surface area contributed by atoms with Crippen molar-refractivity contribution in [2.75, 3.05) is 13.6 Å². The smallest absolute Gasteiger partial charge is 0.0236 e. The van der Waals surface area contributed by atoms with Gasteiger partial charge >= 0.3 is 0 Å². The number of rotatable bonds is 6. The topological polar surface area (TPSA) is 29.3 Å². The molecule has 0 bridgehead atoms. The third-order valence-corrected chi connectivity index (χ3v) is 3.64. The molecule has 0 fully saturated rings. The lowest BCUT2D eigenvalue weighted by molar-refractivity contribution is 0.140. The fraction of sp³-hybridized carbons (Fsp3) is 0.600. The minimum Gasteiger partial charge on any atom is -0.330 e. The van der Waals surface area contributed by atoms with E-state index in [1.165, 1.54) is 11.1 Å². The highest BCUT2D eigenvalue weighted by atomic mass is 15.2. The Bertz CT molecular complexity index is 327. The molecule has 0 saturated heterocycles. The highest BCUT2D eigenvalue weighted by molar-refractivity contribution is 5.22. The SMILES string of the molecule is CCc1ccc(CN(C)C(C)(C)CCN)cc1. The standard InChI is InChI=1S/C15H26N2/c1-5-13-6-8-14(9-7-13)12-17(4)15(2,3)10-11-16/h6-9H,5,10-12,16H2,1-4H3. The summed E-state index contributed by atoms with van der Waals surface area (Å²) in [7, 11) is 2.17. The maximum absolute atomic E-state index is 5.66. The van der Waals surface area contributed by atoms with Crippen LogP contribution in [0.1, 0.15) is 38.3 Å². The molecule has 17 heavy (non-hydrogen) atoms. The summed E-state index contributed by atoms with van der Waals surface area (Å²) in [6, 6.07) is 8.90. The van der Waals surface area contributed by atoms with E-state index in [2.05, 4.69) is 57.0 Å². The predicted molar refractivity (Wildman–Crippen MR) is 75.0 cm³/mol. The van der Waals surface area contributed by atoms with Crippen LogP contribution >= 0.6 is 0 Å². The van der Waals surface area contributed by atoms with E-state index in [0.717, 1.165) is 25.9 Å². The molecule has 2 N–H and O–H groups in total. The molecule has 1 aromatic carbocycles. The first-order valence-electron chi connectivity index (χ1n) is 6.48. The minimum absolute atomic E-state index is 0.165. The van der Waals surface area contributed by atoms with Crippen molar-refractivity contribution in [2.45, 2.75) is 45.7 Å². The molecule has 1 rings (SSSR count). The number of hydrogen-bond donors (Lipinski definition) is 1.